The first-order valence-corrected chi connectivity index (χ1v) is 17.8. The Morgan fingerprint density at radius 3 is 1.55 bits per heavy atom. The lowest BCUT2D eigenvalue weighted by Gasteiger charge is -2.30. The normalized spacial score (nSPS) is 26.3. The van der Waals surface area contributed by atoms with Crippen molar-refractivity contribution in [3.63, 3.8) is 0 Å². The zero-order valence-corrected chi connectivity index (χ0v) is 30.9. The molecule has 20 heteroatoms. The molecule has 3 aromatic rings. The van der Waals surface area contributed by atoms with Crippen molar-refractivity contribution in [1.29, 1.82) is 0 Å². The van der Waals surface area contributed by atoms with Crippen molar-refractivity contribution in [1.82, 2.24) is 29.3 Å². The van der Waals surface area contributed by atoms with Crippen LogP contribution in [0.3, 0.4) is 0 Å². The van der Waals surface area contributed by atoms with Crippen molar-refractivity contribution in [3.05, 3.63) is 50.9 Å². The van der Waals surface area contributed by atoms with Gasteiger partial charge in [0.25, 0.3) is 30.1 Å². The van der Waals surface area contributed by atoms with E-state index in [4.69, 9.17) is 0 Å². The summed E-state index contributed by atoms with van der Waals surface area (Å²) >= 11 is 0. The molecule has 3 heterocycles. The summed E-state index contributed by atoms with van der Waals surface area (Å²) in [6.07, 6.45) is -10.9. The van der Waals surface area contributed by atoms with Gasteiger partial charge in [0, 0.05) is 47.9 Å². The monoisotopic (exact) mass is 810 g/mol. The van der Waals surface area contributed by atoms with Crippen molar-refractivity contribution in [2.75, 3.05) is 0 Å². The summed E-state index contributed by atoms with van der Waals surface area (Å²) in [5.41, 5.74) is -5.45. The van der Waals surface area contributed by atoms with Gasteiger partial charge in [0.1, 0.15) is 34.6 Å². The molecule has 6 nitrogen and oxygen atoms in total. The van der Waals surface area contributed by atoms with Gasteiger partial charge in [-0.05, 0) is 80.1 Å². The molecule has 2 saturated carbocycles. The molecule has 0 saturated heterocycles. The van der Waals surface area contributed by atoms with E-state index in [1.54, 1.807) is 13.8 Å². The van der Waals surface area contributed by atoms with Crippen LogP contribution in [0.4, 0.5) is 61.5 Å². The average molecular weight is 811 g/mol. The molecular formula is C35H40F14N6. The Labute approximate surface area is 306 Å². The molecule has 0 aliphatic heterocycles. The van der Waals surface area contributed by atoms with Crippen molar-refractivity contribution >= 4 is 0 Å². The van der Waals surface area contributed by atoms with E-state index in [1.165, 1.54) is 25.5 Å². The molecule has 8 rings (SSSR count). The Hall–Kier alpha value is -3.35. The van der Waals surface area contributed by atoms with Gasteiger partial charge in [-0.2, -0.15) is 54.8 Å². The highest BCUT2D eigenvalue weighted by Crippen LogP contribution is 2.69. The average Bonchev–Trinajstić information content (AvgIpc) is 3.77. The standard InChI is InChI=1S/C13H17F3N2.C11H12F6N2.C11H11F5N2/c1-6(14)10-9-7-5-8(7)13(15,16)11(9)18(17-10)12(2,3)4;1-5(2)19-8-6(7(18-19)9(12)13)10(14,15)3-4-11(8,16)17;1-4(2)18-9-7(8(17-18)11(14,15)16)5-3-6(5)10(9,12)13/h6-8H,5H2,1-4H3;5,9H,3-4H2,1-2H3;4-6H,3H2,1-2H3. The van der Waals surface area contributed by atoms with E-state index in [0.717, 1.165) is 4.68 Å². The highest BCUT2D eigenvalue weighted by Gasteiger charge is 2.69. The third-order valence-electron chi connectivity index (χ3n) is 10.7. The van der Waals surface area contributed by atoms with Crippen LogP contribution in [0.5, 0.6) is 0 Å². The molecule has 0 bridgehead atoms. The minimum atomic E-state index is -4.67. The molecule has 55 heavy (non-hydrogen) atoms. The summed E-state index contributed by atoms with van der Waals surface area (Å²) in [7, 11) is 0. The number of rotatable bonds is 4. The van der Waals surface area contributed by atoms with Crippen LogP contribution in [0.15, 0.2) is 0 Å². The number of hydrogen-bond donors (Lipinski definition) is 0. The van der Waals surface area contributed by atoms with Crippen molar-refractivity contribution in [2.45, 2.75) is 153 Å². The maximum absolute atomic E-state index is 14.3. The molecule has 3 aromatic heterocycles. The van der Waals surface area contributed by atoms with E-state index in [1.807, 2.05) is 20.8 Å². The molecule has 0 N–H and O–H groups in total. The quantitative estimate of drug-likeness (QED) is 0.247. The Morgan fingerprint density at radius 1 is 0.618 bits per heavy atom. The van der Waals surface area contributed by atoms with Gasteiger partial charge >= 0.3 is 6.18 Å². The summed E-state index contributed by atoms with van der Waals surface area (Å²) in [5.74, 6) is -15.7. The van der Waals surface area contributed by atoms with E-state index in [-0.39, 0.29) is 29.3 Å². The van der Waals surface area contributed by atoms with Crippen LogP contribution < -0.4 is 0 Å². The largest absolute Gasteiger partial charge is 0.435 e. The maximum Gasteiger partial charge on any atom is 0.435 e. The van der Waals surface area contributed by atoms with Crippen molar-refractivity contribution in [3.8, 4) is 0 Å². The highest BCUT2D eigenvalue weighted by atomic mass is 19.4. The molecule has 0 spiro atoms. The number of hydrogen-bond acceptors (Lipinski definition) is 3. The zero-order valence-electron chi connectivity index (χ0n) is 30.9. The first-order valence-electron chi connectivity index (χ1n) is 17.8. The summed E-state index contributed by atoms with van der Waals surface area (Å²) < 4.78 is 192. The lowest BCUT2D eigenvalue weighted by molar-refractivity contribution is -0.142. The van der Waals surface area contributed by atoms with Gasteiger partial charge < -0.3 is 0 Å². The van der Waals surface area contributed by atoms with Crippen LogP contribution in [-0.4, -0.2) is 29.3 Å². The predicted molar refractivity (Wildman–Crippen MR) is 168 cm³/mol. The van der Waals surface area contributed by atoms with E-state index in [2.05, 4.69) is 15.3 Å². The number of fused-ring (bicyclic) bond motifs is 7. The summed E-state index contributed by atoms with van der Waals surface area (Å²) in [6, 6.07) is -1.22. The molecule has 5 atom stereocenters. The van der Waals surface area contributed by atoms with Gasteiger partial charge in [-0.25, -0.2) is 22.0 Å². The number of halogens is 14. The molecule has 5 aliphatic carbocycles. The van der Waals surface area contributed by atoms with Crippen LogP contribution in [0.25, 0.3) is 0 Å². The third kappa shape index (κ3) is 6.51. The molecule has 0 radical (unpaired) electrons. The SMILES string of the molecule is CC(C)n1nc(C(F)(F)F)c2c1C(F)(F)C1CC21.CC(C)n1nc(C(F)F)c2c1C(F)(F)CCC2(F)F.CC(F)c1nn(C(C)(C)C)c2c1C1CC1C2(F)F. The van der Waals surface area contributed by atoms with E-state index in [0.29, 0.717) is 16.7 Å². The first kappa shape index (κ1) is 41.3. The Bertz CT molecular complexity index is 1920. The highest BCUT2D eigenvalue weighted by molar-refractivity contribution is 5.48. The second-order valence-electron chi connectivity index (χ2n) is 16.5. The smallest absolute Gasteiger partial charge is 0.260 e. The number of nitrogens with zero attached hydrogens (tertiary/aromatic N) is 6. The number of alkyl halides is 14. The van der Waals surface area contributed by atoms with Crippen LogP contribution in [0.2, 0.25) is 0 Å². The van der Waals surface area contributed by atoms with Crippen LogP contribution in [-0.2, 0) is 35.4 Å². The predicted octanol–water partition coefficient (Wildman–Crippen LogP) is 11.9. The molecular weight excluding hydrogens is 770 g/mol. The van der Waals surface area contributed by atoms with Crippen LogP contribution in [0, 0.1) is 11.8 Å². The zero-order chi connectivity index (χ0) is 41.5. The minimum absolute atomic E-state index is 0.0456. The maximum atomic E-state index is 14.3. The summed E-state index contributed by atoms with van der Waals surface area (Å²) in [4.78, 5) is 0. The van der Waals surface area contributed by atoms with E-state index < -0.39 is 119 Å². The minimum Gasteiger partial charge on any atom is -0.260 e. The fourth-order valence-corrected chi connectivity index (χ4v) is 8.05. The van der Waals surface area contributed by atoms with Crippen molar-refractivity contribution in [2.24, 2.45) is 11.8 Å². The molecule has 5 aliphatic rings. The molecule has 0 amide bonds. The Kier molecular flexibility index (Phi) is 9.44. The van der Waals surface area contributed by atoms with E-state index >= 15 is 0 Å². The summed E-state index contributed by atoms with van der Waals surface area (Å²) in [6.45, 7) is 12.7. The van der Waals surface area contributed by atoms with Crippen LogP contribution in [0.1, 0.15) is 168 Å². The summed E-state index contributed by atoms with van der Waals surface area (Å²) in [5, 5.41) is 10.8. The third-order valence-corrected chi connectivity index (χ3v) is 10.7. The van der Waals surface area contributed by atoms with Gasteiger partial charge in [-0.1, -0.05) is 0 Å². The Morgan fingerprint density at radius 2 is 1.09 bits per heavy atom. The second-order valence-corrected chi connectivity index (χ2v) is 16.5. The number of aromatic nitrogens is 6. The lowest BCUT2D eigenvalue weighted by atomic mass is 9.89. The van der Waals surface area contributed by atoms with Crippen molar-refractivity contribution < 1.29 is 61.5 Å². The molecule has 2 fully saturated rings. The lowest BCUT2D eigenvalue weighted by Crippen LogP contribution is -2.33. The molecule has 0 aromatic carbocycles. The topological polar surface area (TPSA) is 53.5 Å². The van der Waals surface area contributed by atoms with E-state index in [9.17, 15) is 61.5 Å². The second kappa shape index (κ2) is 12.6. The van der Waals surface area contributed by atoms with Gasteiger partial charge in [-0.15, -0.1) is 0 Å². The fourth-order valence-electron chi connectivity index (χ4n) is 8.05. The van der Waals surface area contributed by atoms with Gasteiger partial charge in [0.2, 0.25) is 0 Å². The first-order chi connectivity index (χ1) is 24.9. The van der Waals surface area contributed by atoms with Gasteiger partial charge in [0.05, 0.1) is 11.1 Å². The fraction of sp³-hybridized carbons (Fsp3) is 0.743. The van der Waals surface area contributed by atoms with Gasteiger partial charge in [0.15, 0.2) is 5.69 Å². The molecule has 5 unspecified atom stereocenters. The Balaban J connectivity index is 0.000000140. The van der Waals surface area contributed by atoms with Crippen LogP contribution >= 0.6 is 0 Å². The molecule has 308 valence electrons. The van der Waals surface area contributed by atoms with Gasteiger partial charge in [-0.3, -0.25) is 14.0 Å².